The van der Waals surface area contributed by atoms with Crippen LogP contribution < -0.4 is 5.32 Å². The first-order chi connectivity index (χ1) is 9.03. The molecule has 0 spiro atoms. The normalized spacial score (nSPS) is 22.6. The van der Waals surface area contributed by atoms with Crippen molar-refractivity contribution < 1.29 is 9.90 Å². The summed E-state index contributed by atoms with van der Waals surface area (Å²) in [6, 6.07) is 3.54. The fraction of sp³-hybridized carbons (Fsp3) is 0.571. The predicted octanol–water partition coefficient (Wildman–Crippen LogP) is 1.50. The van der Waals surface area contributed by atoms with Crippen molar-refractivity contribution in [3.63, 3.8) is 0 Å². The van der Waals surface area contributed by atoms with Gasteiger partial charge in [0.15, 0.2) is 0 Å². The zero-order valence-electron chi connectivity index (χ0n) is 11.5. The minimum absolute atomic E-state index is 0.0653. The van der Waals surface area contributed by atoms with Gasteiger partial charge in [-0.3, -0.25) is 4.79 Å². The van der Waals surface area contributed by atoms with Crippen LogP contribution >= 0.6 is 0 Å². The maximum Gasteiger partial charge on any atom is 0.257 e. The SMILES string of the molecule is CCCNc1ncccc1C(=O)N1CCC(C)(O)C1. The van der Waals surface area contributed by atoms with E-state index in [0.717, 1.165) is 13.0 Å². The number of aromatic nitrogens is 1. The van der Waals surface area contributed by atoms with Crippen LogP contribution in [0.1, 0.15) is 37.0 Å². The molecule has 5 heteroatoms. The fourth-order valence-corrected chi connectivity index (χ4v) is 2.25. The number of likely N-dealkylation sites (tertiary alicyclic amines) is 1. The van der Waals surface area contributed by atoms with Crippen LogP contribution in [-0.4, -0.2) is 46.1 Å². The second kappa shape index (κ2) is 5.57. The van der Waals surface area contributed by atoms with E-state index < -0.39 is 5.60 Å². The number of nitrogens with one attached hydrogen (secondary N) is 1. The summed E-state index contributed by atoms with van der Waals surface area (Å²) >= 11 is 0. The lowest BCUT2D eigenvalue weighted by molar-refractivity contribution is 0.0572. The summed E-state index contributed by atoms with van der Waals surface area (Å²) in [7, 11) is 0. The van der Waals surface area contributed by atoms with Gasteiger partial charge in [0.1, 0.15) is 5.82 Å². The Balaban J connectivity index is 2.15. The Kier molecular flexibility index (Phi) is 4.04. The molecule has 5 nitrogen and oxygen atoms in total. The van der Waals surface area contributed by atoms with Crippen molar-refractivity contribution in [3.05, 3.63) is 23.9 Å². The van der Waals surface area contributed by atoms with Crippen molar-refractivity contribution in [2.45, 2.75) is 32.3 Å². The van der Waals surface area contributed by atoms with Crippen LogP contribution in [0.3, 0.4) is 0 Å². The van der Waals surface area contributed by atoms with Gasteiger partial charge in [0, 0.05) is 25.8 Å². The summed E-state index contributed by atoms with van der Waals surface area (Å²) in [5.41, 5.74) is -0.192. The van der Waals surface area contributed by atoms with E-state index in [2.05, 4.69) is 17.2 Å². The summed E-state index contributed by atoms with van der Waals surface area (Å²) in [5, 5.41) is 13.1. The molecular formula is C14H21N3O2. The number of hydrogen-bond acceptors (Lipinski definition) is 4. The van der Waals surface area contributed by atoms with Crippen molar-refractivity contribution in [3.8, 4) is 0 Å². The molecule has 0 saturated carbocycles. The third kappa shape index (κ3) is 3.23. The first-order valence-corrected chi connectivity index (χ1v) is 6.74. The Morgan fingerprint density at radius 1 is 1.63 bits per heavy atom. The largest absolute Gasteiger partial charge is 0.388 e. The lowest BCUT2D eigenvalue weighted by Gasteiger charge is -2.20. The van der Waals surface area contributed by atoms with Gasteiger partial charge in [0.05, 0.1) is 11.2 Å². The third-order valence-electron chi connectivity index (χ3n) is 3.32. The van der Waals surface area contributed by atoms with Crippen molar-refractivity contribution in [2.75, 3.05) is 25.0 Å². The minimum atomic E-state index is -0.769. The predicted molar refractivity (Wildman–Crippen MR) is 74.2 cm³/mol. The highest BCUT2D eigenvalue weighted by atomic mass is 16.3. The molecule has 2 rings (SSSR count). The molecule has 2 N–H and O–H groups in total. The fourth-order valence-electron chi connectivity index (χ4n) is 2.25. The molecule has 1 aromatic heterocycles. The summed E-state index contributed by atoms with van der Waals surface area (Å²) < 4.78 is 0. The van der Waals surface area contributed by atoms with Crippen LogP contribution in [0.4, 0.5) is 5.82 Å². The zero-order valence-corrected chi connectivity index (χ0v) is 11.5. The molecule has 2 heterocycles. The van der Waals surface area contributed by atoms with Gasteiger partial charge in [-0.1, -0.05) is 6.92 Å². The van der Waals surface area contributed by atoms with Gasteiger partial charge < -0.3 is 15.3 Å². The third-order valence-corrected chi connectivity index (χ3v) is 3.32. The maximum absolute atomic E-state index is 12.5. The number of pyridine rings is 1. The number of aliphatic hydroxyl groups is 1. The number of nitrogens with zero attached hydrogens (tertiary/aromatic N) is 2. The molecule has 0 aromatic carbocycles. The number of hydrogen-bond donors (Lipinski definition) is 2. The van der Waals surface area contributed by atoms with Crippen LogP contribution in [0.25, 0.3) is 0 Å². The first kappa shape index (κ1) is 13.8. The van der Waals surface area contributed by atoms with Crippen molar-refractivity contribution in [1.82, 2.24) is 9.88 Å². The van der Waals surface area contributed by atoms with Crippen LogP contribution in [-0.2, 0) is 0 Å². The number of β-amino-alcohol motifs (C(OH)–C–C–N with tert-alkyl or cyclic N) is 1. The smallest absolute Gasteiger partial charge is 0.257 e. The second-order valence-electron chi connectivity index (χ2n) is 5.30. The summed E-state index contributed by atoms with van der Waals surface area (Å²) in [5.74, 6) is 0.561. The van der Waals surface area contributed by atoms with Gasteiger partial charge >= 0.3 is 0 Å². The van der Waals surface area contributed by atoms with Crippen LogP contribution in [0, 0.1) is 0 Å². The average molecular weight is 263 g/mol. The van der Waals surface area contributed by atoms with E-state index in [1.54, 1.807) is 30.2 Å². The zero-order chi connectivity index (χ0) is 13.9. The average Bonchev–Trinajstić information content (AvgIpc) is 2.76. The van der Waals surface area contributed by atoms with E-state index in [0.29, 0.717) is 30.9 Å². The Morgan fingerprint density at radius 2 is 2.42 bits per heavy atom. The number of rotatable bonds is 4. The molecule has 1 aliphatic heterocycles. The highest BCUT2D eigenvalue weighted by molar-refractivity contribution is 5.98. The number of anilines is 1. The molecule has 1 fully saturated rings. The lowest BCUT2D eigenvalue weighted by atomic mass is 10.1. The molecule has 1 unspecified atom stereocenters. The minimum Gasteiger partial charge on any atom is -0.388 e. The van der Waals surface area contributed by atoms with Crippen molar-refractivity contribution in [1.29, 1.82) is 0 Å². The molecule has 1 aromatic rings. The summed E-state index contributed by atoms with van der Waals surface area (Å²) in [6.07, 6.45) is 3.27. The van der Waals surface area contributed by atoms with E-state index in [9.17, 15) is 9.90 Å². The molecule has 1 atom stereocenters. The molecule has 0 bridgehead atoms. The van der Waals surface area contributed by atoms with E-state index in [4.69, 9.17) is 0 Å². The highest BCUT2D eigenvalue weighted by Gasteiger charge is 2.34. The highest BCUT2D eigenvalue weighted by Crippen LogP contribution is 2.23. The van der Waals surface area contributed by atoms with Crippen molar-refractivity contribution in [2.24, 2.45) is 0 Å². The molecule has 1 saturated heterocycles. The molecule has 1 amide bonds. The molecule has 104 valence electrons. The van der Waals surface area contributed by atoms with Gasteiger partial charge in [0.25, 0.3) is 5.91 Å². The Bertz CT molecular complexity index is 460. The van der Waals surface area contributed by atoms with Crippen molar-refractivity contribution >= 4 is 11.7 Å². The molecule has 19 heavy (non-hydrogen) atoms. The molecule has 1 aliphatic rings. The topological polar surface area (TPSA) is 65.5 Å². The van der Waals surface area contributed by atoms with Crippen LogP contribution in [0.5, 0.6) is 0 Å². The summed E-state index contributed by atoms with van der Waals surface area (Å²) in [4.78, 5) is 18.4. The quantitative estimate of drug-likeness (QED) is 0.864. The van der Waals surface area contributed by atoms with E-state index in [1.165, 1.54) is 0 Å². The van der Waals surface area contributed by atoms with E-state index >= 15 is 0 Å². The molecular weight excluding hydrogens is 242 g/mol. The lowest BCUT2D eigenvalue weighted by Crippen LogP contribution is -2.34. The molecule has 0 aliphatic carbocycles. The Morgan fingerprint density at radius 3 is 3.05 bits per heavy atom. The summed E-state index contributed by atoms with van der Waals surface area (Å²) in [6.45, 7) is 5.59. The van der Waals surface area contributed by atoms with Gasteiger partial charge in [0.2, 0.25) is 0 Å². The van der Waals surface area contributed by atoms with E-state index in [1.807, 2.05) is 0 Å². The van der Waals surface area contributed by atoms with Gasteiger partial charge in [-0.15, -0.1) is 0 Å². The monoisotopic (exact) mass is 263 g/mol. The van der Waals surface area contributed by atoms with Crippen LogP contribution in [0.2, 0.25) is 0 Å². The molecule has 0 radical (unpaired) electrons. The Hall–Kier alpha value is -1.62. The first-order valence-electron chi connectivity index (χ1n) is 6.74. The number of carbonyl (C=O) groups excluding carboxylic acids is 1. The van der Waals surface area contributed by atoms with Gasteiger partial charge in [-0.05, 0) is 31.9 Å². The Labute approximate surface area is 113 Å². The number of amides is 1. The van der Waals surface area contributed by atoms with Gasteiger partial charge in [-0.25, -0.2) is 4.98 Å². The number of carbonyl (C=O) groups is 1. The standard InChI is InChI=1S/C14H21N3O2/c1-3-7-15-12-11(5-4-8-16-12)13(18)17-9-6-14(2,19)10-17/h4-5,8,19H,3,6-7,9-10H2,1-2H3,(H,15,16). The maximum atomic E-state index is 12.5. The van der Waals surface area contributed by atoms with Gasteiger partial charge in [-0.2, -0.15) is 0 Å². The second-order valence-corrected chi connectivity index (χ2v) is 5.30. The van der Waals surface area contributed by atoms with E-state index in [-0.39, 0.29) is 5.91 Å². The van der Waals surface area contributed by atoms with Crippen LogP contribution in [0.15, 0.2) is 18.3 Å².